The number of aromatic nitrogens is 1. The molecule has 30 heavy (non-hydrogen) atoms. The van der Waals surface area contributed by atoms with Gasteiger partial charge in [-0.1, -0.05) is 23.9 Å². The molecule has 0 radical (unpaired) electrons. The Balaban J connectivity index is 2.64. The zero-order chi connectivity index (χ0) is 22.3. The van der Waals surface area contributed by atoms with Crippen molar-refractivity contribution < 1.29 is 28.6 Å². The Morgan fingerprint density at radius 3 is 2.27 bits per heavy atom. The molecule has 0 N–H and O–H groups in total. The Kier molecular flexibility index (Phi) is 8.53. The number of rotatable bonds is 9. The Labute approximate surface area is 180 Å². The van der Waals surface area contributed by atoms with Crippen molar-refractivity contribution in [1.29, 1.82) is 0 Å². The number of nitrogens with zero attached hydrogens (tertiary/aromatic N) is 1. The van der Waals surface area contributed by atoms with Gasteiger partial charge in [-0.15, -0.1) is 0 Å². The first-order valence-corrected chi connectivity index (χ1v) is 10.7. The van der Waals surface area contributed by atoms with Crippen molar-refractivity contribution in [3.63, 3.8) is 0 Å². The average molecular weight is 434 g/mol. The third-order valence-corrected chi connectivity index (χ3v) is 5.09. The summed E-state index contributed by atoms with van der Waals surface area (Å²) in [6.07, 6.45) is 3.52. The monoisotopic (exact) mass is 433 g/mol. The minimum Gasteiger partial charge on any atom is -0.466 e. The van der Waals surface area contributed by atoms with E-state index in [2.05, 4.69) is 0 Å². The molecule has 0 aliphatic carbocycles. The van der Waals surface area contributed by atoms with Gasteiger partial charge in [0.2, 0.25) is 0 Å². The predicted octanol–water partition coefficient (Wildman–Crippen LogP) is 4.47. The standard InChI is InChI=1S/C22H27NO6S/c1-6-27-16(24)10-9-11-30-20-17(21(25)28-7-2)18-15(5)12-14(4)13-23(18)19(20)22(26)29-8-3/h9,11-13H,6-8,10H2,1-5H3/b11-9+. The molecule has 0 fully saturated rings. The predicted molar refractivity (Wildman–Crippen MR) is 115 cm³/mol. The third-order valence-electron chi connectivity index (χ3n) is 4.13. The van der Waals surface area contributed by atoms with Crippen LogP contribution < -0.4 is 0 Å². The normalized spacial score (nSPS) is 11.1. The van der Waals surface area contributed by atoms with Gasteiger partial charge >= 0.3 is 17.9 Å². The maximum Gasteiger partial charge on any atom is 0.356 e. The van der Waals surface area contributed by atoms with E-state index in [0.717, 1.165) is 11.1 Å². The molecule has 0 bridgehead atoms. The van der Waals surface area contributed by atoms with E-state index in [4.69, 9.17) is 14.2 Å². The number of fused-ring (bicyclic) bond motifs is 1. The van der Waals surface area contributed by atoms with Crippen LogP contribution in [0.2, 0.25) is 0 Å². The SMILES string of the molecule is CCOC(=O)C/C=C/Sc1c(C(=O)OCC)c2c(C)cc(C)cn2c1C(=O)OCC. The lowest BCUT2D eigenvalue weighted by molar-refractivity contribution is -0.142. The van der Waals surface area contributed by atoms with E-state index in [1.54, 1.807) is 42.9 Å². The number of hydrogen-bond acceptors (Lipinski definition) is 7. The summed E-state index contributed by atoms with van der Waals surface area (Å²) in [5.74, 6) is -1.40. The molecule has 2 aromatic rings. The Hall–Kier alpha value is -2.74. The number of carbonyl (C=O) groups excluding carboxylic acids is 3. The molecule has 162 valence electrons. The summed E-state index contributed by atoms with van der Waals surface area (Å²) in [5.41, 5.74) is 2.94. The molecule has 0 spiro atoms. The summed E-state index contributed by atoms with van der Waals surface area (Å²) in [5, 5.41) is 1.67. The van der Waals surface area contributed by atoms with Crippen LogP contribution in [0.3, 0.4) is 0 Å². The van der Waals surface area contributed by atoms with Gasteiger partial charge in [0.15, 0.2) is 0 Å². The maximum atomic E-state index is 12.8. The number of hydrogen-bond donors (Lipinski definition) is 0. The third kappa shape index (κ3) is 5.24. The number of esters is 3. The van der Waals surface area contributed by atoms with Crippen molar-refractivity contribution in [1.82, 2.24) is 4.40 Å². The lowest BCUT2D eigenvalue weighted by atomic mass is 10.1. The van der Waals surface area contributed by atoms with Crippen LogP contribution in [0, 0.1) is 13.8 Å². The molecule has 0 aromatic carbocycles. The van der Waals surface area contributed by atoms with Gasteiger partial charge < -0.3 is 18.6 Å². The fraction of sp³-hybridized carbons (Fsp3) is 0.409. The van der Waals surface area contributed by atoms with Gasteiger partial charge in [0, 0.05) is 6.20 Å². The highest BCUT2D eigenvalue weighted by Crippen LogP contribution is 2.36. The van der Waals surface area contributed by atoms with Crippen LogP contribution >= 0.6 is 11.8 Å². The van der Waals surface area contributed by atoms with E-state index in [1.807, 2.05) is 19.9 Å². The molecule has 0 saturated carbocycles. The number of pyridine rings is 1. The van der Waals surface area contributed by atoms with Gasteiger partial charge in [-0.25, -0.2) is 9.59 Å². The first-order chi connectivity index (χ1) is 14.3. The highest BCUT2D eigenvalue weighted by Gasteiger charge is 2.30. The summed E-state index contributed by atoms with van der Waals surface area (Å²) >= 11 is 1.17. The van der Waals surface area contributed by atoms with Gasteiger partial charge in [0.25, 0.3) is 0 Å². The topological polar surface area (TPSA) is 83.3 Å². The zero-order valence-electron chi connectivity index (χ0n) is 17.9. The Morgan fingerprint density at radius 2 is 1.63 bits per heavy atom. The van der Waals surface area contributed by atoms with Crippen LogP contribution in [0.25, 0.3) is 5.52 Å². The molecular formula is C22H27NO6S. The van der Waals surface area contributed by atoms with E-state index in [9.17, 15) is 14.4 Å². The van der Waals surface area contributed by atoms with Crippen LogP contribution in [0.4, 0.5) is 0 Å². The van der Waals surface area contributed by atoms with E-state index in [-0.39, 0.29) is 31.3 Å². The number of thioether (sulfide) groups is 1. The van der Waals surface area contributed by atoms with E-state index in [1.165, 1.54) is 11.8 Å². The summed E-state index contributed by atoms with van der Waals surface area (Å²) in [6, 6.07) is 1.94. The number of ether oxygens (including phenoxy) is 3. The second kappa shape index (κ2) is 10.9. The second-order valence-electron chi connectivity index (χ2n) is 6.41. The van der Waals surface area contributed by atoms with Crippen molar-refractivity contribution in [2.45, 2.75) is 45.9 Å². The number of carbonyl (C=O) groups is 3. The minimum atomic E-state index is -0.533. The molecule has 0 aliphatic rings. The van der Waals surface area contributed by atoms with Crippen LogP contribution in [0.5, 0.6) is 0 Å². The molecule has 2 heterocycles. The van der Waals surface area contributed by atoms with Crippen LogP contribution in [0.1, 0.15) is 59.2 Å². The first-order valence-electron chi connectivity index (χ1n) is 9.82. The quantitative estimate of drug-likeness (QED) is 0.328. The molecule has 7 nitrogen and oxygen atoms in total. The van der Waals surface area contributed by atoms with Gasteiger partial charge in [-0.05, 0) is 51.2 Å². The lowest BCUT2D eigenvalue weighted by Crippen LogP contribution is -2.09. The Morgan fingerprint density at radius 1 is 1.00 bits per heavy atom. The summed E-state index contributed by atoms with van der Waals surface area (Å²) in [4.78, 5) is 37.6. The number of aryl methyl sites for hydroxylation is 2. The zero-order valence-corrected chi connectivity index (χ0v) is 18.8. The molecule has 2 rings (SSSR count). The first kappa shape index (κ1) is 23.5. The van der Waals surface area contributed by atoms with Gasteiger partial charge in [0.1, 0.15) is 11.3 Å². The summed E-state index contributed by atoms with van der Waals surface area (Å²) < 4.78 is 17.1. The highest BCUT2D eigenvalue weighted by molar-refractivity contribution is 8.02. The van der Waals surface area contributed by atoms with E-state index in [0.29, 0.717) is 22.6 Å². The average Bonchev–Trinajstić information content (AvgIpc) is 3.00. The lowest BCUT2D eigenvalue weighted by Gasteiger charge is -2.07. The highest BCUT2D eigenvalue weighted by atomic mass is 32.2. The van der Waals surface area contributed by atoms with E-state index < -0.39 is 11.9 Å². The second-order valence-corrected chi connectivity index (χ2v) is 7.33. The summed E-state index contributed by atoms with van der Waals surface area (Å²) in [7, 11) is 0. The molecular weight excluding hydrogens is 406 g/mol. The van der Waals surface area contributed by atoms with E-state index >= 15 is 0 Å². The maximum absolute atomic E-state index is 12.8. The molecule has 0 atom stereocenters. The van der Waals surface area contributed by atoms with Crippen molar-refractivity contribution in [3.8, 4) is 0 Å². The van der Waals surface area contributed by atoms with Crippen LogP contribution in [-0.2, 0) is 19.0 Å². The van der Waals surface area contributed by atoms with Crippen molar-refractivity contribution in [3.05, 3.63) is 46.1 Å². The fourth-order valence-corrected chi connectivity index (χ4v) is 4.03. The fourth-order valence-electron chi connectivity index (χ4n) is 3.11. The molecule has 0 unspecified atom stereocenters. The van der Waals surface area contributed by atoms with Gasteiger partial charge in [-0.2, -0.15) is 0 Å². The van der Waals surface area contributed by atoms with Gasteiger partial charge in [0.05, 0.1) is 36.7 Å². The van der Waals surface area contributed by atoms with Crippen LogP contribution in [-0.4, -0.2) is 42.1 Å². The minimum absolute atomic E-state index is 0.0931. The molecule has 0 saturated heterocycles. The van der Waals surface area contributed by atoms with Crippen molar-refractivity contribution >= 4 is 35.2 Å². The molecule has 8 heteroatoms. The van der Waals surface area contributed by atoms with Crippen LogP contribution in [0.15, 0.2) is 28.6 Å². The largest absolute Gasteiger partial charge is 0.466 e. The van der Waals surface area contributed by atoms with Crippen molar-refractivity contribution in [2.75, 3.05) is 19.8 Å². The Bertz CT molecular complexity index is 976. The molecule has 0 aliphatic heterocycles. The molecule has 2 aromatic heterocycles. The summed E-state index contributed by atoms with van der Waals surface area (Å²) in [6.45, 7) is 9.71. The smallest absolute Gasteiger partial charge is 0.356 e. The van der Waals surface area contributed by atoms with Gasteiger partial charge in [-0.3, -0.25) is 4.79 Å². The van der Waals surface area contributed by atoms with Crippen molar-refractivity contribution in [2.24, 2.45) is 0 Å². The molecule has 0 amide bonds.